The summed E-state index contributed by atoms with van der Waals surface area (Å²) in [6, 6.07) is 32.9. The third-order valence-corrected chi connectivity index (χ3v) is 7.67. The molecule has 5 aromatic rings. The number of nitrogens with zero attached hydrogens (tertiary/aromatic N) is 4. The maximum atomic E-state index is 14.5. The van der Waals surface area contributed by atoms with Crippen molar-refractivity contribution >= 4 is 27.1 Å². The van der Waals surface area contributed by atoms with Gasteiger partial charge in [-0.2, -0.15) is 0 Å². The fraction of sp³-hybridized carbons (Fsp3) is 0.200. The molecular formula is C30H27BrN4O. The molecule has 1 aliphatic rings. The maximum Gasteiger partial charge on any atom is 0.331 e. The van der Waals surface area contributed by atoms with Crippen molar-refractivity contribution in [2.24, 2.45) is 0 Å². The number of rotatable bonds is 7. The topological polar surface area (TPSA) is 43.1 Å². The third kappa shape index (κ3) is 3.72. The normalized spacial score (nSPS) is 14.1. The Morgan fingerprint density at radius 1 is 0.778 bits per heavy atom. The van der Waals surface area contributed by atoms with Crippen molar-refractivity contribution < 1.29 is 0 Å². The van der Waals surface area contributed by atoms with Gasteiger partial charge in [-0.05, 0) is 58.2 Å². The summed E-state index contributed by atoms with van der Waals surface area (Å²) in [6.45, 7) is 3.66. The highest BCUT2D eigenvalue weighted by Gasteiger charge is 2.42. The number of imidazole rings is 1. The molecule has 0 N–H and O–H groups in total. The lowest BCUT2D eigenvalue weighted by Gasteiger charge is -2.37. The molecule has 6 rings (SSSR count). The fourth-order valence-corrected chi connectivity index (χ4v) is 5.72. The van der Waals surface area contributed by atoms with Crippen LogP contribution in [0.2, 0.25) is 0 Å². The Morgan fingerprint density at radius 3 is 1.78 bits per heavy atom. The lowest BCUT2D eigenvalue weighted by molar-refractivity contribution is 0.174. The molecular weight excluding hydrogens is 512 g/mol. The van der Waals surface area contributed by atoms with E-state index < -0.39 is 5.54 Å². The smallest absolute Gasteiger partial charge is 0.301 e. The van der Waals surface area contributed by atoms with Crippen LogP contribution in [-0.2, 0) is 12.1 Å². The first-order valence-electron chi connectivity index (χ1n) is 12.4. The van der Waals surface area contributed by atoms with Gasteiger partial charge in [0.15, 0.2) is 5.65 Å². The van der Waals surface area contributed by atoms with E-state index in [4.69, 9.17) is 4.98 Å². The largest absolute Gasteiger partial charge is 0.331 e. The van der Waals surface area contributed by atoms with Crippen LogP contribution in [0.1, 0.15) is 23.1 Å². The third-order valence-electron chi connectivity index (χ3n) is 7.24. The Labute approximate surface area is 218 Å². The summed E-state index contributed by atoms with van der Waals surface area (Å²) in [5.41, 5.74) is 3.57. The fourth-order valence-electron chi connectivity index (χ4n) is 5.40. The minimum atomic E-state index is -0.901. The van der Waals surface area contributed by atoms with Crippen LogP contribution < -0.4 is 5.69 Å². The van der Waals surface area contributed by atoms with Gasteiger partial charge in [0, 0.05) is 23.8 Å². The molecule has 0 amide bonds. The molecule has 5 nitrogen and oxygen atoms in total. The number of halogens is 1. The summed E-state index contributed by atoms with van der Waals surface area (Å²) in [5.74, 6) is 0. The van der Waals surface area contributed by atoms with Gasteiger partial charge in [-0.1, -0.05) is 91.0 Å². The van der Waals surface area contributed by atoms with Crippen LogP contribution in [0, 0.1) is 0 Å². The standard InChI is InChI=1S/C30H27BrN4O/c31-26-21-27-28(32-22-26)35(29(36)34(27)20-19-33-17-10-18-33)30(23-11-4-1-5-12-23,24-13-6-2-7-14-24)25-15-8-3-9-16-25/h1-9,11-16,21-22H,10,17-20H2. The molecule has 180 valence electrons. The SMILES string of the molecule is O=c1n(CCN2CCC2)c2cc(Br)cnc2n1C(c1ccccc1)(c1ccccc1)c1ccccc1. The van der Waals surface area contributed by atoms with Gasteiger partial charge in [0.05, 0.1) is 5.52 Å². The van der Waals surface area contributed by atoms with Crippen LogP contribution in [0.25, 0.3) is 11.2 Å². The van der Waals surface area contributed by atoms with Gasteiger partial charge in [0.25, 0.3) is 0 Å². The second-order valence-electron chi connectivity index (χ2n) is 9.27. The molecule has 6 heteroatoms. The Bertz CT molecular complexity index is 1440. The highest BCUT2D eigenvalue weighted by molar-refractivity contribution is 9.10. The zero-order valence-corrected chi connectivity index (χ0v) is 21.5. The summed E-state index contributed by atoms with van der Waals surface area (Å²) in [7, 11) is 0. The molecule has 3 aromatic carbocycles. The minimum absolute atomic E-state index is 0.0623. The van der Waals surface area contributed by atoms with Crippen molar-refractivity contribution in [2.75, 3.05) is 19.6 Å². The average Bonchev–Trinajstić information content (AvgIpc) is 3.16. The zero-order chi connectivity index (χ0) is 24.5. The molecule has 3 heterocycles. The van der Waals surface area contributed by atoms with Gasteiger partial charge < -0.3 is 4.90 Å². The Morgan fingerprint density at radius 2 is 1.31 bits per heavy atom. The van der Waals surface area contributed by atoms with Gasteiger partial charge in [-0.15, -0.1) is 0 Å². The highest BCUT2D eigenvalue weighted by atomic mass is 79.9. The van der Waals surface area contributed by atoms with Gasteiger partial charge >= 0.3 is 5.69 Å². The quantitative estimate of drug-likeness (QED) is 0.257. The van der Waals surface area contributed by atoms with E-state index in [9.17, 15) is 4.79 Å². The first kappa shape index (κ1) is 23.0. The molecule has 0 radical (unpaired) electrons. The van der Waals surface area contributed by atoms with E-state index in [1.807, 2.05) is 69.8 Å². The Balaban J connectivity index is 1.72. The van der Waals surface area contributed by atoms with Gasteiger partial charge in [-0.25, -0.2) is 9.78 Å². The van der Waals surface area contributed by atoms with E-state index in [-0.39, 0.29) is 5.69 Å². The Kier molecular flexibility index (Phi) is 6.07. The summed E-state index contributed by atoms with van der Waals surface area (Å²) in [4.78, 5) is 21.8. The van der Waals surface area contributed by atoms with Crippen molar-refractivity contribution in [1.29, 1.82) is 0 Å². The van der Waals surface area contributed by atoms with E-state index >= 15 is 0 Å². The Hall–Kier alpha value is -3.48. The van der Waals surface area contributed by atoms with Crippen LogP contribution in [-0.4, -0.2) is 38.7 Å². The molecule has 1 saturated heterocycles. The van der Waals surface area contributed by atoms with E-state index in [0.29, 0.717) is 12.2 Å². The molecule has 36 heavy (non-hydrogen) atoms. The van der Waals surface area contributed by atoms with Gasteiger partial charge in [0.2, 0.25) is 0 Å². The second-order valence-corrected chi connectivity index (χ2v) is 10.2. The highest BCUT2D eigenvalue weighted by Crippen LogP contribution is 2.41. The summed E-state index contributed by atoms with van der Waals surface area (Å²) < 4.78 is 4.66. The van der Waals surface area contributed by atoms with Crippen LogP contribution in [0.15, 0.2) is 113 Å². The van der Waals surface area contributed by atoms with Crippen molar-refractivity contribution in [3.05, 3.63) is 135 Å². The van der Waals surface area contributed by atoms with Crippen molar-refractivity contribution in [3.63, 3.8) is 0 Å². The number of hydrogen-bond donors (Lipinski definition) is 0. The number of hydrogen-bond acceptors (Lipinski definition) is 3. The van der Waals surface area contributed by atoms with Crippen molar-refractivity contribution in [3.8, 4) is 0 Å². The van der Waals surface area contributed by atoms with E-state index in [1.165, 1.54) is 6.42 Å². The van der Waals surface area contributed by atoms with Crippen molar-refractivity contribution in [2.45, 2.75) is 18.5 Å². The van der Waals surface area contributed by atoms with Gasteiger partial charge in [0.1, 0.15) is 5.54 Å². The number of benzene rings is 3. The monoisotopic (exact) mass is 538 g/mol. The number of likely N-dealkylation sites (tertiary alicyclic amines) is 1. The molecule has 0 saturated carbocycles. The molecule has 0 atom stereocenters. The van der Waals surface area contributed by atoms with E-state index in [2.05, 4.69) is 57.2 Å². The summed E-state index contributed by atoms with van der Waals surface area (Å²) in [5, 5.41) is 0. The lowest BCUT2D eigenvalue weighted by Crippen LogP contribution is -2.45. The molecule has 1 aliphatic heterocycles. The predicted molar refractivity (Wildman–Crippen MR) is 147 cm³/mol. The first-order valence-corrected chi connectivity index (χ1v) is 13.1. The summed E-state index contributed by atoms with van der Waals surface area (Å²) >= 11 is 3.59. The van der Waals surface area contributed by atoms with E-state index in [0.717, 1.165) is 46.3 Å². The average molecular weight is 539 g/mol. The predicted octanol–water partition coefficient (Wildman–Crippen LogP) is 5.51. The van der Waals surface area contributed by atoms with Crippen molar-refractivity contribution in [1.82, 2.24) is 19.0 Å². The molecule has 2 aromatic heterocycles. The number of aromatic nitrogens is 3. The molecule has 0 unspecified atom stereocenters. The van der Waals surface area contributed by atoms with Crippen LogP contribution in [0.5, 0.6) is 0 Å². The molecule has 0 bridgehead atoms. The zero-order valence-electron chi connectivity index (χ0n) is 19.9. The minimum Gasteiger partial charge on any atom is -0.301 e. The van der Waals surface area contributed by atoms with Crippen LogP contribution in [0.3, 0.4) is 0 Å². The lowest BCUT2D eigenvalue weighted by atomic mass is 9.76. The van der Waals surface area contributed by atoms with Gasteiger partial charge in [-0.3, -0.25) is 9.13 Å². The van der Waals surface area contributed by atoms with Crippen LogP contribution in [0.4, 0.5) is 0 Å². The van der Waals surface area contributed by atoms with Crippen LogP contribution >= 0.6 is 15.9 Å². The number of pyridine rings is 1. The molecule has 0 aliphatic carbocycles. The summed E-state index contributed by atoms with van der Waals surface area (Å²) in [6.07, 6.45) is 3.01. The first-order chi connectivity index (χ1) is 17.7. The second kappa shape index (κ2) is 9.52. The number of fused-ring (bicyclic) bond motifs is 1. The maximum absolute atomic E-state index is 14.5. The molecule has 1 fully saturated rings. The molecule has 0 spiro atoms. The van der Waals surface area contributed by atoms with E-state index in [1.54, 1.807) is 6.20 Å².